The minimum Gasteiger partial charge on any atom is -0.354 e. The van der Waals surface area contributed by atoms with E-state index in [9.17, 15) is 18.0 Å². The first-order valence-corrected chi connectivity index (χ1v) is 17.7. The molecule has 0 saturated heterocycles. The number of anilines is 1. The monoisotopic (exact) mass is 743 g/mol. The SMILES string of the molecule is Cc1ccc(S(=O)(=O)N(CC(=O)N(Cc2ccc(Cl)c(Cl)c2)[C@H](Cc2ccccc2)C(=O)NCC(C)C)c2cccc(Br)c2)cc1. The number of nitrogens with zero attached hydrogens (tertiary/aromatic N) is 2. The van der Waals surface area contributed by atoms with Gasteiger partial charge in [0.15, 0.2) is 0 Å². The average molecular weight is 746 g/mol. The molecule has 11 heteroatoms. The van der Waals surface area contributed by atoms with E-state index in [-0.39, 0.29) is 29.7 Å². The van der Waals surface area contributed by atoms with Crippen molar-refractivity contribution in [1.29, 1.82) is 0 Å². The molecule has 0 aliphatic carbocycles. The van der Waals surface area contributed by atoms with E-state index in [1.54, 1.807) is 54.6 Å². The number of rotatable bonds is 13. The third-order valence-corrected chi connectivity index (χ3v) is 10.3. The lowest BCUT2D eigenvalue weighted by Crippen LogP contribution is -2.53. The first-order valence-electron chi connectivity index (χ1n) is 14.7. The van der Waals surface area contributed by atoms with E-state index in [1.165, 1.54) is 17.0 Å². The maximum absolute atomic E-state index is 14.5. The molecule has 1 atom stereocenters. The molecule has 0 aliphatic rings. The highest BCUT2D eigenvalue weighted by atomic mass is 79.9. The van der Waals surface area contributed by atoms with Crippen molar-refractivity contribution in [1.82, 2.24) is 10.2 Å². The zero-order valence-electron chi connectivity index (χ0n) is 25.8. The van der Waals surface area contributed by atoms with Crippen LogP contribution >= 0.6 is 39.1 Å². The van der Waals surface area contributed by atoms with Crippen LogP contribution in [0.4, 0.5) is 5.69 Å². The topological polar surface area (TPSA) is 86.8 Å². The van der Waals surface area contributed by atoms with Gasteiger partial charge < -0.3 is 10.2 Å². The summed E-state index contributed by atoms with van der Waals surface area (Å²) in [5, 5.41) is 3.63. The van der Waals surface area contributed by atoms with Crippen molar-refractivity contribution in [2.24, 2.45) is 5.92 Å². The molecule has 0 unspecified atom stereocenters. The predicted molar refractivity (Wildman–Crippen MR) is 189 cm³/mol. The summed E-state index contributed by atoms with van der Waals surface area (Å²) >= 11 is 16.0. The van der Waals surface area contributed by atoms with E-state index >= 15 is 0 Å². The van der Waals surface area contributed by atoms with Crippen LogP contribution in [-0.4, -0.2) is 44.3 Å². The summed E-state index contributed by atoms with van der Waals surface area (Å²) in [6, 6.07) is 26.6. The Kier molecular flexibility index (Phi) is 12.3. The molecule has 0 aliphatic heterocycles. The third-order valence-electron chi connectivity index (χ3n) is 7.28. The Balaban J connectivity index is 1.81. The normalized spacial score (nSPS) is 12.1. The standard InChI is InChI=1S/C35H36BrCl2N3O4S/c1-24(2)21-39-35(43)33(19-26-8-5-4-6-9-26)40(22-27-14-17-31(37)32(38)18-27)34(42)23-41(29-11-7-10-28(36)20-29)46(44,45)30-15-12-25(3)13-16-30/h4-18,20,24,33H,19,21-23H2,1-3H3,(H,39,43)/t33-/m1/s1. The molecule has 4 rings (SSSR count). The minimum absolute atomic E-state index is 0.0147. The lowest BCUT2D eigenvalue weighted by molar-refractivity contribution is -0.140. The van der Waals surface area contributed by atoms with Gasteiger partial charge in [0.25, 0.3) is 10.0 Å². The van der Waals surface area contributed by atoms with Crippen LogP contribution in [0.3, 0.4) is 0 Å². The molecule has 46 heavy (non-hydrogen) atoms. The van der Waals surface area contributed by atoms with Gasteiger partial charge in [0.05, 0.1) is 20.6 Å². The molecule has 4 aromatic rings. The van der Waals surface area contributed by atoms with Crippen molar-refractivity contribution < 1.29 is 18.0 Å². The Morgan fingerprint density at radius 1 is 0.848 bits per heavy atom. The van der Waals surface area contributed by atoms with E-state index < -0.39 is 28.5 Å². The lowest BCUT2D eigenvalue weighted by Gasteiger charge is -2.34. The summed E-state index contributed by atoms with van der Waals surface area (Å²) in [5.41, 5.74) is 2.66. The van der Waals surface area contributed by atoms with E-state index in [0.717, 1.165) is 15.4 Å². The van der Waals surface area contributed by atoms with Gasteiger partial charge in [-0.3, -0.25) is 13.9 Å². The van der Waals surface area contributed by atoms with Gasteiger partial charge in [0.1, 0.15) is 12.6 Å². The van der Waals surface area contributed by atoms with Gasteiger partial charge in [0, 0.05) is 24.0 Å². The van der Waals surface area contributed by atoms with Crippen molar-refractivity contribution in [3.63, 3.8) is 0 Å². The van der Waals surface area contributed by atoms with Crippen LogP contribution in [0.25, 0.3) is 0 Å². The highest BCUT2D eigenvalue weighted by Crippen LogP contribution is 2.28. The number of aryl methyl sites for hydroxylation is 1. The number of benzene rings is 4. The van der Waals surface area contributed by atoms with Crippen molar-refractivity contribution >= 4 is 66.7 Å². The number of hydrogen-bond donors (Lipinski definition) is 1. The summed E-state index contributed by atoms with van der Waals surface area (Å²) in [5.74, 6) is -0.740. The number of nitrogens with one attached hydrogen (secondary N) is 1. The number of halogens is 3. The van der Waals surface area contributed by atoms with Gasteiger partial charge in [-0.25, -0.2) is 8.42 Å². The first-order chi connectivity index (χ1) is 21.8. The second kappa shape index (κ2) is 16.0. The van der Waals surface area contributed by atoms with Gasteiger partial charge in [-0.1, -0.05) is 113 Å². The molecule has 0 heterocycles. The van der Waals surface area contributed by atoms with Crippen molar-refractivity contribution in [3.05, 3.63) is 128 Å². The van der Waals surface area contributed by atoms with E-state index in [0.29, 0.717) is 32.3 Å². The fourth-order valence-electron chi connectivity index (χ4n) is 4.81. The molecule has 0 spiro atoms. The van der Waals surface area contributed by atoms with Gasteiger partial charge in [-0.15, -0.1) is 0 Å². The summed E-state index contributed by atoms with van der Waals surface area (Å²) in [4.78, 5) is 29.9. The number of amides is 2. The molecule has 7 nitrogen and oxygen atoms in total. The Hall–Kier alpha value is -3.37. The first kappa shape index (κ1) is 35.5. The minimum atomic E-state index is -4.20. The van der Waals surface area contributed by atoms with Gasteiger partial charge in [-0.2, -0.15) is 0 Å². The van der Waals surface area contributed by atoms with Crippen molar-refractivity contribution in [2.75, 3.05) is 17.4 Å². The largest absolute Gasteiger partial charge is 0.354 e. The van der Waals surface area contributed by atoms with E-state index in [2.05, 4.69) is 21.2 Å². The van der Waals surface area contributed by atoms with E-state index in [4.69, 9.17) is 23.2 Å². The van der Waals surface area contributed by atoms with Crippen LogP contribution in [0, 0.1) is 12.8 Å². The Morgan fingerprint density at radius 3 is 2.17 bits per heavy atom. The Labute approximate surface area is 289 Å². The molecule has 242 valence electrons. The van der Waals surface area contributed by atoms with Crippen LogP contribution in [0.2, 0.25) is 10.0 Å². The van der Waals surface area contributed by atoms with Crippen LogP contribution in [-0.2, 0) is 32.6 Å². The fraction of sp³-hybridized carbons (Fsp3) is 0.257. The summed E-state index contributed by atoms with van der Waals surface area (Å²) < 4.78 is 30.0. The molecule has 0 radical (unpaired) electrons. The summed E-state index contributed by atoms with van der Waals surface area (Å²) in [7, 11) is -4.20. The van der Waals surface area contributed by atoms with Crippen molar-refractivity contribution in [2.45, 2.75) is 44.7 Å². The van der Waals surface area contributed by atoms with E-state index in [1.807, 2.05) is 51.1 Å². The van der Waals surface area contributed by atoms with Crippen molar-refractivity contribution in [3.8, 4) is 0 Å². The molecular weight excluding hydrogens is 709 g/mol. The molecule has 4 aromatic carbocycles. The van der Waals surface area contributed by atoms with Gasteiger partial charge in [0.2, 0.25) is 11.8 Å². The maximum Gasteiger partial charge on any atom is 0.264 e. The smallest absolute Gasteiger partial charge is 0.264 e. The fourth-order valence-corrected chi connectivity index (χ4v) is 6.92. The average Bonchev–Trinajstić information content (AvgIpc) is 3.02. The quantitative estimate of drug-likeness (QED) is 0.152. The molecule has 0 saturated carbocycles. The number of hydrogen-bond acceptors (Lipinski definition) is 4. The zero-order chi connectivity index (χ0) is 33.4. The number of carbonyl (C=O) groups is 2. The molecule has 0 bridgehead atoms. The third kappa shape index (κ3) is 9.35. The second-order valence-electron chi connectivity index (χ2n) is 11.4. The maximum atomic E-state index is 14.5. The number of carbonyl (C=O) groups excluding carboxylic acids is 2. The lowest BCUT2D eigenvalue weighted by atomic mass is 10.0. The molecule has 0 fully saturated rings. The van der Waals surface area contributed by atoms with Crippen LogP contribution in [0.1, 0.15) is 30.5 Å². The number of sulfonamides is 1. The summed E-state index contributed by atoms with van der Waals surface area (Å²) in [6.45, 7) is 5.67. The summed E-state index contributed by atoms with van der Waals surface area (Å²) in [6.07, 6.45) is 0.208. The van der Waals surface area contributed by atoms with Crippen LogP contribution in [0.5, 0.6) is 0 Å². The highest BCUT2D eigenvalue weighted by molar-refractivity contribution is 9.10. The van der Waals surface area contributed by atoms with Crippen LogP contribution < -0.4 is 9.62 Å². The highest BCUT2D eigenvalue weighted by Gasteiger charge is 2.34. The van der Waals surface area contributed by atoms with Gasteiger partial charge in [-0.05, 0) is 66.4 Å². The van der Waals surface area contributed by atoms with Gasteiger partial charge >= 0.3 is 0 Å². The predicted octanol–water partition coefficient (Wildman–Crippen LogP) is 7.67. The molecule has 0 aromatic heterocycles. The Bertz CT molecular complexity index is 1770. The molecular formula is C35H36BrCl2N3O4S. The zero-order valence-corrected chi connectivity index (χ0v) is 29.7. The second-order valence-corrected chi connectivity index (χ2v) is 15.0. The Morgan fingerprint density at radius 2 is 1.54 bits per heavy atom. The molecule has 2 amide bonds. The van der Waals surface area contributed by atoms with Crippen LogP contribution in [0.15, 0.2) is 106 Å². The molecule has 1 N–H and O–H groups in total.